The lowest BCUT2D eigenvalue weighted by Gasteiger charge is -2.13. The van der Waals surface area contributed by atoms with Gasteiger partial charge in [-0.05, 0) is 25.5 Å². The van der Waals surface area contributed by atoms with Gasteiger partial charge in [0.25, 0.3) is 0 Å². The van der Waals surface area contributed by atoms with Gasteiger partial charge in [0.15, 0.2) is 0 Å². The van der Waals surface area contributed by atoms with Gasteiger partial charge < -0.3 is 5.11 Å². The van der Waals surface area contributed by atoms with Gasteiger partial charge in [0.05, 0.1) is 6.10 Å². The fourth-order valence-electron chi connectivity index (χ4n) is 0.638. The first-order chi connectivity index (χ1) is 4.83. The van der Waals surface area contributed by atoms with Gasteiger partial charge >= 0.3 is 0 Å². The van der Waals surface area contributed by atoms with Crippen LogP contribution >= 0.6 is 0 Å². The highest BCUT2D eigenvalue weighted by molar-refractivity contribution is 6.76. The topological polar surface area (TPSA) is 20.2 Å². The lowest BCUT2D eigenvalue weighted by atomic mass is 10.2. The first-order valence-electron chi connectivity index (χ1n) is 4.17. The first-order valence-corrected chi connectivity index (χ1v) is 7.88. The van der Waals surface area contributed by atoms with Crippen LogP contribution in [0.15, 0.2) is 11.6 Å². The van der Waals surface area contributed by atoms with Gasteiger partial charge in [-0.3, -0.25) is 0 Å². The van der Waals surface area contributed by atoms with E-state index in [9.17, 15) is 0 Å². The molecule has 0 aliphatic heterocycles. The Kier molecular flexibility index (Phi) is 4.04. The van der Waals surface area contributed by atoms with Crippen molar-refractivity contribution in [3.05, 3.63) is 11.6 Å². The zero-order valence-electron chi connectivity index (χ0n) is 8.31. The van der Waals surface area contributed by atoms with Crippen LogP contribution in [0.5, 0.6) is 0 Å². The fraction of sp³-hybridized carbons (Fsp3) is 0.778. The molecular weight excluding hydrogens is 152 g/mol. The van der Waals surface area contributed by atoms with E-state index in [1.165, 1.54) is 6.04 Å². The Balaban J connectivity index is 3.93. The van der Waals surface area contributed by atoms with E-state index in [1.54, 1.807) is 0 Å². The van der Waals surface area contributed by atoms with Crippen molar-refractivity contribution in [2.45, 2.75) is 45.6 Å². The molecule has 0 fully saturated rings. The predicted molar refractivity (Wildman–Crippen MR) is 53.6 cm³/mol. The lowest BCUT2D eigenvalue weighted by molar-refractivity contribution is 0.231. The molecule has 0 radical (unpaired) electrons. The molecule has 1 nitrogen and oxygen atoms in total. The average molecular weight is 172 g/mol. The van der Waals surface area contributed by atoms with E-state index in [2.05, 4.69) is 25.7 Å². The monoisotopic (exact) mass is 172 g/mol. The van der Waals surface area contributed by atoms with Crippen molar-refractivity contribution < 1.29 is 5.11 Å². The normalized spacial score (nSPS) is 16.7. The van der Waals surface area contributed by atoms with Gasteiger partial charge in [0.1, 0.15) is 0 Å². The van der Waals surface area contributed by atoms with Gasteiger partial charge in [0, 0.05) is 8.07 Å². The van der Waals surface area contributed by atoms with E-state index in [-0.39, 0.29) is 6.10 Å². The summed E-state index contributed by atoms with van der Waals surface area (Å²) in [5, 5.41) is 9.16. The highest BCUT2D eigenvalue weighted by Gasteiger charge is 2.10. The maximum absolute atomic E-state index is 9.16. The molecule has 0 heterocycles. The largest absolute Gasteiger partial charge is 0.389 e. The molecule has 0 aliphatic carbocycles. The van der Waals surface area contributed by atoms with Crippen LogP contribution in [0, 0.1) is 0 Å². The Morgan fingerprint density at radius 2 is 1.91 bits per heavy atom. The SMILES string of the molecule is C/C(=C\C[Si](C)(C)C)C(C)O. The molecule has 66 valence electrons. The van der Waals surface area contributed by atoms with Crippen LogP contribution in [0.2, 0.25) is 25.7 Å². The van der Waals surface area contributed by atoms with Crippen LogP contribution in [-0.2, 0) is 0 Å². The first kappa shape index (κ1) is 10.9. The third kappa shape index (κ3) is 6.32. The molecule has 0 aliphatic rings. The quantitative estimate of drug-likeness (QED) is 0.512. The summed E-state index contributed by atoms with van der Waals surface area (Å²) in [4.78, 5) is 0. The summed E-state index contributed by atoms with van der Waals surface area (Å²) in [7, 11) is -0.953. The second-order valence-electron chi connectivity index (χ2n) is 4.39. The van der Waals surface area contributed by atoms with Crippen molar-refractivity contribution >= 4 is 8.07 Å². The summed E-state index contributed by atoms with van der Waals surface area (Å²) < 4.78 is 0. The third-order valence-corrected chi connectivity index (χ3v) is 3.12. The van der Waals surface area contributed by atoms with E-state index in [4.69, 9.17) is 5.11 Å². The average Bonchev–Trinajstić information content (AvgIpc) is 1.80. The van der Waals surface area contributed by atoms with Crippen molar-refractivity contribution in [3.8, 4) is 0 Å². The zero-order chi connectivity index (χ0) is 9.07. The summed E-state index contributed by atoms with van der Waals surface area (Å²) in [5.74, 6) is 0. The Labute approximate surface area is 71.1 Å². The summed E-state index contributed by atoms with van der Waals surface area (Å²) in [6.07, 6.45) is 1.91. The van der Waals surface area contributed by atoms with Crippen molar-refractivity contribution in [1.29, 1.82) is 0 Å². The number of aliphatic hydroxyl groups is 1. The third-order valence-electron chi connectivity index (χ3n) is 1.70. The maximum atomic E-state index is 9.16. The van der Waals surface area contributed by atoms with Gasteiger partial charge in [-0.25, -0.2) is 0 Å². The second-order valence-corrected chi connectivity index (χ2v) is 9.92. The van der Waals surface area contributed by atoms with E-state index in [1.807, 2.05) is 13.8 Å². The molecule has 0 aromatic carbocycles. The summed E-state index contributed by atoms with van der Waals surface area (Å²) in [6.45, 7) is 10.8. The standard InChI is InChI=1S/C9H20OSi/c1-8(9(2)10)6-7-11(3,4)5/h6,9-10H,7H2,1-5H3/b8-6+. The number of hydrogen-bond donors (Lipinski definition) is 1. The van der Waals surface area contributed by atoms with E-state index < -0.39 is 8.07 Å². The van der Waals surface area contributed by atoms with Crippen molar-refractivity contribution in [2.24, 2.45) is 0 Å². The highest BCUT2D eigenvalue weighted by Crippen LogP contribution is 2.12. The Morgan fingerprint density at radius 1 is 1.45 bits per heavy atom. The minimum Gasteiger partial charge on any atom is -0.389 e. The molecule has 0 amide bonds. The minimum atomic E-state index is -0.953. The van der Waals surface area contributed by atoms with E-state index in [0.29, 0.717) is 0 Å². The zero-order valence-corrected chi connectivity index (χ0v) is 9.31. The van der Waals surface area contributed by atoms with Crippen LogP contribution in [-0.4, -0.2) is 19.3 Å². The number of hydrogen-bond acceptors (Lipinski definition) is 1. The molecule has 0 aromatic heterocycles. The van der Waals surface area contributed by atoms with Crippen molar-refractivity contribution in [2.75, 3.05) is 0 Å². The molecule has 2 heteroatoms. The lowest BCUT2D eigenvalue weighted by Crippen LogP contribution is -2.18. The summed E-state index contributed by atoms with van der Waals surface area (Å²) in [5.41, 5.74) is 1.10. The summed E-state index contributed by atoms with van der Waals surface area (Å²) >= 11 is 0. The van der Waals surface area contributed by atoms with Crippen LogP contribution < -0.4 is 0 Å². The molecule has 0 saturated carbocycles. The molecule has 0 saturated heterocycles. The molecule has 0 rings (SSSR count). The van der Waals surface area contributed by atoms with Crippen LogP contribution in [0.25, 0.3) is 0 Å². The Bertz CT molecular complexity index is 142. The number of aliphatic hydroxyl groups excluding tert-OH is 1. The van der Waals surface area contributed by atoms with Gasteiger partial charge in [0.2, 0.25) is 0 Å². The van der Waals surface area contributed by atoms with Gasteiger partial charge in [-0.1, -0.05) is 25.7 Å². The minimum absolute atomic E-state index is 0.272. The highest BCUT2D eigenvalue weighted by atomic mass is 28.3. The molecular formula is C9H20OSi. The van der Waals surface area contributed by atoms with Gasteiger partial charge in [-0.15, -0.1) is 0 Å². The number of allylic oxidation sites excluding steroid dienone is 1. The fourth-order valence-corrected chi connectivity index (χ4v) is 1.57. The van der Waals surface area contributed by atoms with Crippen LogP contribution in [0.1, 0.15) is 13.8 Å². The van der Waals surface area contributed by atoms with E-state index >= 15 is 0 Å². The molecule has 0 spiro atoms. The molecule has 1 N–H and O–H groups in total. The predicted octanol–water partition coefficient (Wildman–Crippen LogP) is 2.65. The van der Waals surface area contributed by atoms with E-state index in [0.717, 1.165) is 5.57 Å². The smallest absolute Gasteiger partial charge is 0.0719 e. The molecule has 1 atom stereocenters. The Hall–Kier alpha value is -0.0831. The second kappa shape index (κ2) is 4.07. The van der Waals surface area contributed by atoms with Gasteiger partial charge in [-0.2, -0.15) is 0 Å². The Morgan fingerprint density at radius 3 is 2.18 bits per heavy atom. The molecule has 0 bridgehead atoms. The summed E-state index contributed by atoms with van der Waals surface area (Å²) in [6, 6.07) is 1.17. The van der Waals surface area contributed by atoms with Crippen LogP contribution in [0.4, 0.5) is 0 Å². The van der Waals surface area contributed by atoms with Crippen molar-refractivity contribution in [3.63, 3.8) is 0 Å². The molecule has 0 aromatic rings. The molecule has 1 unspecified atom stereocenters. The van der Waals surface area contributed by atoms with Crippen LogP contribution in [0.3, 0.4) is 0 Å². The number of rotatable bonds is 3. The maximum Gasteiger partial charge on any atom is 0.0719 e. The van der Waals surface area contributed by atoms with Crippen molar-refractivity contribution in [1.82, 2.24) is 0 Å². The molecule has 11 heavy (non-hydrogen) atoms.